The minimum atomic E-state index is 0.233. The predicted octanol–water partition coefficient (Wildman–Crippen LogP) is -0.468. The summed E-state index contributed by atoms with van der Waals surface area (Å²) in [4.78, 5) is 0. The smallest absolute Gasteiger partial charge is 0.191 e. The summed E-state index contributed by atoms with van der Waals surface area (Å²) in [5.74, 6) is 0.738. The summed E-state index contributed by atoms with van der Waals surface area (Å²) in [5.41, 5.74) is 0. The molecule has 2 atom stereocenters. The van der Waals surface area contributed by atoms with E-state index in [1.54, 1.807) is 0 Å². The normalized spacial score (nSPS) is 31.0. The molecular formula is C5H9N5S. The molecule has 2 heterocycles. The quantitative estimate of drug-likeness (QED) is 0.500. The molecule has 1 aliphatic heterocycles. The molecule has 2 rings (SSSR count). The highest BCUT2D eigenvalue weighted by Gasteiger charge is 2.25. The Morgan fingerprint density at radius 1 is 1.55 bits per heavy atom. The van der Waals surface area contributed by atoms with E-state index in [1.807, 2.05) is 0 Å². The Morgan fingerprint density at radius 3 is 3.00 bits per heavy atom. The lowest BCUT2D eigenvalue weighted by molar-refractivity contribution is 0.607. The molecule has 1 aromatic heterocycles. The van der Waals surface area contributed by atoms with Crippen molar-refractivity contribution in [2.45, 2.75) is 17.7 Å². The van der Waals surface area contributed by atoms with Crippen LogP contribution in [0.15, 0.2) is 0 Å². The third-order valence-corrected chi connectivity index (χ3v) is 2.17. The zero-order valence-corrected chi connectivity index (χ0v) is 6.75. The minimum absolute atomic E-state index is 0.233. The number of hydrogen-bond acceptors (Lipinski definition) is 5. The van der Waals surface area contributed by atoms with Gasteiger partial charge in [-0.05, 0) is 6.42 Å². The fraction of sp³-hybridized carbons (Fsp3) is 0.800. The molecule has 0 radical (unpaired) electrons. The van der Waals surface area contributed by atoms with Gasteiger partial charge in [0.2, 0.25) is 0 Å². The van der Waals surface area contributed by atoms with Crippen molar-refractivity contribution < 1.29 is 0 Å². The molecule has 0 aromatic carbocycles. The highest BCUT2D eigenvalue weighted by molar-refractivity contribution is 7.81. The Labute approximate surface area is 69.4 Å². The summed E-state index contributed by atoms with van der Waals surface area (Å²) < 4.78 is 0. The Balaban J connectivity index is 2.08. The molecule has 1 aliphatic rings. The van der Waals surface area contributed by atoms with Gasteiger partial charge in [-0.2, -0.15) is 17.8 Å². The van der Waals surface area contributed by atoms with Crippen molar-refractivity contribution in [3.63, 3.8) is 0 Å². The van der Waals surface area contributed by atoms with Crippen LogP contribution in [0.25, 0.3) is 0 Å². The van der Waals surface area contributed by atoms with E-state index < -0.39 is 0 Å². The van der Waals surface area contributed by atoms with Gasteiger partial charge in [-0.3, -0.25) is 0 Å². The van der Waals surface area contributed by atoms with E-state index in [0.29, 0.717) is 5.25 Å². The lowest BCUT2D eigenvalue weighted by Crippen LogP contribution is -2.14. The summed E-state index contributed by atoms with van der Waals surface area (Å²) in [6.45, 7) is 0.919. The number of nitrogens with zero attached hydrogens (tertiary/aromatic N) is 3. The largest absolute Gasteiger partial charge is 0.306 e. The number of aromatic nitrogens is 4. The van der Waals surface area contributed by atoms with Crippen LogP contribution in [0.1, 0.15) is 18.3 Å². The summed E-state index contributed by atoms with van der Waals surface area (Å²) in [6.07, 6.45) is 0.975. The molecule has 1 saturated heterocycles. The topological polar surface area (TPSA) is 66.5 Å². The second-order valence-electron chi connectivity index (χ2n) is 2.62. The molecule has 60 valence electrons. The monoisotopic (exact) mass is 171 g/mol. The van der Waals surface area contributed by atoms with Gasteiger partial charge in [0.1, 0.15) is 0 Å². The highest BCUT2D eigenvalue weighted by Crippen LogP contribution is 2.22. The van der Waals surface area contributed by atoms with Gasteiger partial charge in [0, 0.05) is 11.8 Å². The van der Waals surface area contributed by atoms with Crippen molar-refractivity contribution >= 4 is 12.6 Å². The number of aromatic amines is 1. The van der Waals surface area contributed by atoms with Gasteiger partial charge >= 0.3 is 0 Å². The maximum atomic E-state index is 4.33. The average Bonchev–Trinajstić information content (AvgIpc) is 2.55. The van der Waals surface area contributed by atoms with Gasteiger partial charge < -0.3 is 5.32 Å². The Morgan fingerprint density at radius 2 is 2.45 bits per heavy atom. The fourth-order valence-electron chi connectivity index (χ4n) is 1.23. The minimum Gasteiger partial charge on any atom is -0.306 e. The lowest BCUT2D eigenvalue weighted by Gasteiger charge is -2.01. The van der Waals surface area contributed by atoms with E-state index in [1.165, 1.54) is 0 Å². The highest BCUT2D eigenvalue weighted by atomic mass is 32.1. The summed E-state index contributed by atoms with van der Waals surface area (Å²) >= 11 is 4.33. The second-order valence-corrected chi connectivity index (χ2v) is 3.35. The van der Waals surface area contributed by atoms with E-state index in [4.69, 9.17) is 0 Å². The first-order chi connectivity index (χ1) is 5.36. The molecule has 0 saturated carbocycles. The first-order valence-electron chi connectivity index (χ1n) is 3.51. The van der Waals surface area contributed by atoms with Gasteiger partial charge in [-0.1, -0.05) is 5.21 Å². The molecular weight excluding hydrogens is 162 g/mol. The first kappa shape index (κ1) is 7.05. The van der Waals surface area contributed by atoms with Gasteiger partial charge in [0.15, 0.2) is 5.82 Å². The summed E-state index contributed by atoms with van der Waals surface area (Å²) in [6, 6.07) is 0.233. The first-order valence-corrected chi connectivity index (χ1v) is 4.02. The molecule has 11 heavy (non-hydrogen) atoms. The molecule has 1 unspecified atom stereocenters. The second kappa shape index (κ2) is 2.78. The fourth-order valence-corrected chi connectivity index (χ4v) is 1.55. The van der Waals surface area contributed by atoms with Crippen LogP contribution in [-0.2, 0) is 0 Å². The number of nitrogens with one attached hydrogen (secondary N) is 2. The molecule has 1 fully saturated rings. The molecule has 0 spiro atoms. The molecule has 2 N–H and O–H groups in total. The molecule has 0 bridgehead atoms. The van der Waals surface area contributed by atoms with Gasteiger partial charge in [-0.15, -0.1) is 10.2 Å². The van der Waals surface area contributed by atoms with Crippen LogP contribution in [-0.4, -0.2) is 32.4 Å². The van der Waals surface area contributed by atoms with Crippen molar-refractivity contribution in [1.82, 2.24) is 25.9 Å². The Bertz CT molecular complexity index is 223. The van der Waals surface area contributed by atoms with E-state index in [9.17, 15) is 0 Å². The zero-order chi connectivity index (χ0) is 7.68. The van der Waals surface area contributed by atoms with Crippen molar-refractivity contribution in [3.8, 4) is 0 Å². The number of rotatable bonds is 1. The summed E-state index contributed by atoms with van der Waals surface area (Å²) in [7, 11) is 0. The zero-order valence-electron chi connectivity index (χ0n) is 5.86. The van der Waals surface area contributed by atoms with Gasteiger partial charge in [0.25, 0.3) is 0 Å². The average molecular weight is 171 g/mol. The Kier molecular flexibility index (Phi) is 1.79. The molecule has 5 nitrogen and oxygen atoms in total. The van der Waals surface area contributed by atoms with E-state index in [0.717, 1.165) is 18.8 Å². The van der Waals surface area contributed by atoms with Crippen molar-refractivity contribution in [2.75, 3.05) is 6.54 Å². The third-order valence-electron chi connectivity index (χ3n) is 1.78. The van der Waals surface area contributed by atoms with Crippen molar-refractivity contribution in [2.24, 2.45) is 0 Å². The lowest BCUT2D eigenvalue weighted by atomic mass is 10.2. The van der Waals surface area contributed by atoms with Crippen molar-refractivity contribution in [3.05, 3.63) is 5.82 Å². The third kappa shape index (κ3) is 1.36. The molecule has 6 heteroatoms. The number of tetrazole rings is 1. The van der Waals surface area contributed by atoms with Crippen LogP contribution >= 0.6 is 12.6 Å². The van der Waals surface area contributed by atoms with Crippen LogP contribution < -0.4 is 5.32 Å². The van der Waals surface area contributed by atoms with E-state index in [2.05, 4.69) is 38.6 Å². The SMILES string of the molecule is SC1CN[C@H](c2nn[nH]n2)C1. The van der Waals surface area contributed by atoms with Crippen LogP contribution in [0.2, 0.25) is 0 Å². The molecule has 0 amide bonds. The van der Waals surface area contributed by atoms with Crippen molar-refractivity contribution in [1.29, 1.82) is 0 Å². The van der Waals surface area contributed by atoms with Crippen LogP contribution in [0.4, 0.5) is 0 Å². The van der Waals surface area contributed by atoms with Crippen LogP contribution in [0.5, 0.6) is 0 Å². The molecule has 0 aliphatic carbocycles. The maximum absolute atomic E-state index is 4.33. The van der Waals surface area contributed by atoms with Crippen LogP contribution in [0, 0.1) is 0 Å². The van der Waals surface area contributed by atoms with E-state index >= 15 is 0 Å². The summed E-state index contributed by atoms with van der Waals surface area (Å²) in [5, 5.41) is 17.4. The number of thiol groups is 1. The van der Waals surface area contributed by atoms with E-state index in [-0.39, 0.29) is 6.04 Å². The maximum Gasteiger partial charge on any atom is 0.191 e. The predicted molar refractivity (Wildman–Crippen MR) is 42.3 cm³/mol. The van der Waals surface area contributed by atoms with Crippen LogP contribution in [0.3, 0.4) is 0 Å². The van der Waals surface area contributed by atoms with Gasteiger partial charge in [0.05, 0.1) is 6.04 Å². The standard InChI is InChI=1S/C5H9N5S/c11-3-1-4(6-2-3)5-7-9-10-8-5/h3-4,6,11H,1-2H2,(H,7,8,9,10)/t3?,4-/m0/s1. The number of H-pyrrole nitrogens is 1. The molecule has 1 aromatic rings. The Hall–Kier alpha value is -0.620. The number of hydrogen-bond donors (Lipinski definition) is 3. The van der Waals surface area contributed by atoms with Gasteiger partial charge in [-0.25, -0.2) is 0 Å².